The van der Waals surface area contributed by atoms with Crippen molar-refractivity contribution in [3.63, 3.8) is 0 Å². The third kappa shape index (κ3) is 4.02. The molecule has 0 radical (unpaired) electrons. The molecule has 0 fully saturated rings. The molecule has 1 rings (SSSR count). The summed E-state index contributed by atoms with van der Waals surface area (Å²) in [6, 6.07) is 9.70. The third-order valence-electron chi connectivity index (χ3n) is 3.17. The molecule has 0 heterocycles. The van der Waals surface area contributed by atoms with E-state index in [0.29, 0.717) is 16.9 Å². The summed E-state index contributed by atoms with van der Waals surface area (Å²) >= 11 is 1.78. The highest BCUT2D eigenvalue weighted by Gasteiger charge is 2.28. The van der Waals surface area contributed by atoms with Gasteiger partial charge in [0.15, 0.2) is 0 Å². The van der Waals surface area contributed by atoms with Gasteiger partial charge in [-0.25, -0.2) is 0 Å². The van der Waals surface area contributed by atoms with E-state index >= 15 is 0 Å². The fourth-order valence-corrected chi connectivity index (χ4v) is 2.68. The normalized spacial score (nSPS) is 16.8. The SMILES string of the molecule is CC(C)C(C)SCC(O)(CN)c1ccccc1. The first kappa shape index (κ1) is 14.6. The second-order valence-electron chi connectivity index (χ2n) is 4.86. The van der Waals surface area contributed by atoms with Gasteiger partial charge in [0.05, 0.1) is 0 Å². The van der Waals surface area contributed by atoms with Crippen LogP contribution in [0.1, 0.15) is 26.3 Å². The van der Waals surface area contributed by atoms with Gasteiger partial charge in [-0.2, -0.15) is 11.8 Å². The monoisotopic (exact) mass is 253 g/mol. The summed E-state index contributed by atoms with van der Waals surface area (Å²) in [4.78, 5) is 0. The molecule has 0 amide bonds. The third-order valence-corrected chi connectivity index (χ3v) is 4.89. The maximum Gasteiger partial charge on any atom is 0.111 e. The zero-order valence-electron chi connectivity index (χ0n) is 10.9. The zero-order chi connectivity index (χ0) is 12.9. The first-order chi connectivity index (χ1) is 7.99. The highest BCUT2D eigenvalue weighted by molar-refractivity contribution is 7.99. The Morgan fingerprint density at radius 1 is 1.24 bits per heavy atom. The van der Waals surface area contributed by atoms with Crippen molar-refractivity contribution in [2.45, 2.75) is 31.6 Å². The van der Waals surface area contributed by atoms with E-state index in [4.69, 9.17) is 5.73 Å². The molecule has 0 aromatic heterocycles. The molecule has 1 aromatic carbocycles. The van der Waals surface area contributed by atoms with Gasteiger partial charge in [-0.05, 0) is 11.5 Å². The van der Waals surface area contributed by atoms with Crippen molar-refractivity contribution in [2.75, 3.05) is 12.3 Å². The summed E-state index contributed by atoms with van der Waals surface area (Å²) < 4.78 is 0. The minimum Gasteiger partial charge on any atom is -0.383 e. The lowest BCUT2D eigenvalue weighted by Gasteiger charge is -2.29. The van der Waals surface area contributed by atoms with Gasteiger partial charge in [-0.15, -0.1) is 0 Å². The van der Waals surface area contributed by atoms with Crippen molar-refractivity contribution >= 4 is 11.8 Å². The fraction of sp³-hybridized carbons (Fsp3) is 0.571. The minimum atomic E-state index is -0.908. The molecule has 1 aromatic rings. The summed E-state index contributed by atoms with van der Waals surface area (Å²) in [5.74, 6) is 1.25. The maximum atomic E-state index is 10.6. The van der Waals surface area contributed by atoms with E-state index < -0.39 is 5.60 Å². The van der Waals surface area contributed by atoms with Gasteiger partial charge in [-0.3, -0.25) is 0 Å². The van der Waals surface area contributed by atoms with Crippen molar-refractivity contribution in [3.05, 3.63) is 35.9 Å². The summed E-state index contributed by atoms with van der Waals surface area (Å²) in [6.07, 6.45) is 0. The molecule has 3 N–H and O–H groups in total. The van der Waals surface area contributed by atoms with Crippen LogP contribution in [0.15, 0.2) is 30.3 Å². The van der Waals surface area contributed by atoms with Crippen molar-refractivity contribution in [3.8, 4) is 0 Å². The quantitative estimate of drug-likeness (QED) is 0.819. The van der Waals surface area contributed by atoms with Crippen LogP contribution >= 0.6 is 11.8 Å². The number of benzene rings is 1. The molecule has 2 unspecified atom stereocenters. The Labute approximate surface area is 109 Å². The van der Waals surface area contributed by atoms with Gasteiger partial charge < -0.3 is 10.8 Å². The van der Waals surface area contributed by atoms with Crippen molar-refractivity contribution < 1.29 is 5.11 Å². The summed E-state index contributed by atoms with van der Waals surface area (Å²) in [7, 11) is 0. The summed E-state index contributed by atoms with van der Waals surface area (Å²) in [5, 5.41) is 11.1. The second kappa shape index (κ2) is 6.43. The largest absolute Gasteiger partial charge is 0.383 e. The minimum absolute atomic E-state index is 0.259. The van der Waals surface area contributed by atoms with Crippen LogP contribution in [-0.2, 0) is 5.60 Å². The number of hydrogen-bond donors (Lipinski definition) is 2. The molecule has 0 saturated heterocycles. The molecule has 0 bridgehead atoms. The van der Waals surface area contributed by atoms with Gasteiger partial charge in [0.25, 0.3) is 0 Å². The van der Waals surface area contributed by atoms with Crippen LogP contribution in [0.25, 0.3) is 0 Å². The Morgan fingerprint density at radius 3 is 2.29 bits per heavy atom. The van der Waals surface area contributed by atoms with E-state index in [9.17, 15) is 5.11 Å². The number of thioether (sulfide) groups is 1. The molecule has 2 atom stereocenters. The topological polar surface area (TPSA) is 46.2 Å². The molecule has 0 aliphatic heterocycles. The average molecular weight is 253 g/mol. The molecule has 96 valence electrons. The van der Waals surface area contributed by atoms with E-state index in [1.54, 1.807) is 11.8 Å². The van der Waals surface area contributed by atoms with Crippen LogP contribution in [0.5, 0.6) is 0 Å². The van der Waals surface area contributed by atoms with Crippen LogP contribution in [0.4, 0.5) is 0 Å². The highest BCUT2D eigenvalue weighted by Crippen LogP contribution is 2.29. The van der Waals surface area contributed by atoms with Crippen LogP contribution < -0.4 is 5.73 Å². The van der Waals surface area contributed by atoms with E-state index in [1.165, 1.54) is 0 Å². The van der Waals surface area contributed by atoms with Gasteiger partial charge in [0.1, 0.15) is 5.60 Å². The Bertz CT molecular complexity index is 328. The molecular weight excluding hydrogens is 230 g/mol. The Balaban J connectivity index is 2.70. The molecule has 2 nitrogen and oxygen atoms in total. The lowest BCUT2D eigenvalue weighted by molar-refractivity contribution is 0.0720. The number of rotatable bonds is 6. The van der Waals surface area contributed by atoms with E-state index in [0.717, 1.165) is 5.56 Å². The Morgan fingerprint density at radius 2 is 1.82 bits per heavy atom. The number of nitrogens with two attached hydrogens (primary N) is 1. The van der Waals surface area contributed by atoms with Crippen molar-refractivity contribution in [2.24, 2.45) is 11.7 Å². The predicted molar refractivity (Wildman–Crippen MR) is 76.2 cm³/mol. The lowest BCUT2D eigenvalue weighted by Crippen LogP contribution is -2.38. The maximum absolute atomic E-state index is 10.6. The molecular formula is C14H23NOS. The number of hydrogen-bond acceptors (Lipinski definition) is 3. The van der Waals surface area contributed by atoms with Crippen LogP contribution in [0.2, 0.25) is 0 Å². The Kier molecular flexibility index (Phi) is 5.50. The van der Waals surface area contributed by atoms with Crippen LogP contribution in [0, 0.1) is 5.92 Å². The highest BCUT2D eigenvalue weighted by atomic mass is 32.2. The van der Waals surface area contributed by atoms with Gasteiger partial charge in [0.2, 0.25) is 0 Å². The molecule has 0 saturated carbocycles. The average Bonchev–Trinajstić information content (AvgIpc) is 2.36. The van der Waals surface area contributed by atoms with Gasteiger partial charge >= 0.3 is 0 Å². The van der Waals surface area contributed by atoms with Gasteiger partial charge in [0, 0.05) is 17.5 Å². The van der Waals surface area contributed by atoms with Crippen LogP contribution in [-0.4, -0.2) is 22.7 Å². The van der Waals surface area contributed by atoms with Crippen molar-refractivity contribution in [1.29, 1.82) is 0 Å². The second-order valence-corrected chi connectivity index (χ2v) is 6.23. The lowest BCUT2D eigenvalue weighted by atomic mass is 9.96. The number of aliphatic hydroxyl groups is 1. The van der Waals surface area contributed by atoms with Crippen molar-refractivity contribution in [1.82, 2.24) is 0 Å². The first-order valence-corrected chi connectivity index (χ1v) is 7.14. The Hall–Kier alpha value is -0.510. The molecule has 0 spiro atoms. The summed E-state index contributed by atoms with van der Waals surface area (Å²) in [6.45, 7) is 6.84. The molecule has 0 aliphatic rings. The van der Waals surface area contributed by atoms with E-state index in [2.05, 4.69) is 20.8 Å². The van der Waals surface area contributed by atoms with Crippen LogP contribution in [0.3, 0.4) is 0 Å². The fourth-order valence-electron chi connectivity index (χ4n) is 1.47. The zero-order valence-corrected chi connectivity index (χ0v) is 11.7. The van der Waals surface area contributed by atoms with E-state index in [1.807, 2.05) is 30.3 Å². The van der Waals surface area contributed by atoms with E-state index in [-0.39, 0.29) is 6.54 Å². The molecule has 3 heteroatoms. The summed E-state index contributed by atoms with van der Waals surface area (Å²) in [5.41, 5.74) is 5.74. The van der Waals surface area contributed by atoms with Gasteiger partial charge in [-0.1, -0.05) is 51.1 Å². The molecule has 0 aliphatic carbocycles. The standard InChI is InChI=1S/C14H23NOS/c1-11(2)12(3)17-10-14(16,9-15)13-7-5-4-6-8-13/h4-8,11-12,16H,9-10,15H2,1-3H3. The smallest absolute Gasteiger partial charge is 0.111 e. The first-order valence-electron chi connectivity index (χ1n) is 6.09. The predicted octanol–water partition coefficient (Wildman–Crippen LogP) is 2.61. The molecule has 17 heavy (non-hydrogen) atoms.